The summed E-state index contributed by atoms with van der Waals surface area (Å²) in [5, 5.41) is 0. The first-order valence-corrected chi connectivity index (χ1v) is 9.79. The third-order valence-electron chi connectivity index (χ3n) is 4.28. The Morgan fingerprint density at radius 1 is 0.581 bits per heavy atom. The summed E-state index contributed by atoms with van der Waals surface area (Å²) < 4.78 is 11.3. The van der Waals surface area contributed by atoms with Gasteiger partial charge in [0, 0.05) is 34.1 Å². The van der Waals surface area contributed by atoms with Gasteiger partial charge in [-0.05, 0) is 48.5 Å². The molecule has 0 saturated carbocycles. The first-order valence-electron chi connectivity index (χ1n) is 9.79. The van der Waals surface area contributed by atoms with Crippen LogP contribution in [0.5, 0.6) is 11.5 Å². The van der Waals surface area contributed by atoms with Gasteiger partial charge in [-0.15, -0.1) is 0 Å². The Labute approximate surface area is 181 Å². The highest BCUT2D eigenvalue weighted by Gasteiger charge is 2.16. The molecule has 2 aromatic rings. The van der Waals surface area contributed by atoms with Crippen LogP contribution in [0.2, 0.25) is 0 Å². The zero-order chi connectivity index (χ0) is 23.0. The fraction of sp³-hybridized carbons (Fsp3) is 0.304. The Morgan fingerprint density at radius 2 is 0.871 bits per heavy atom. The second-order valence-electron chi connectivity index (χ2n) is 6.79. The number of imide groups is 2. The van der Waals surface area contributed by atoms with E-state index in [4.69, 9.17) is 9.47 Å². The predicted octanol–water partition coefficient (Wildman–Crippen LogP) is 3.33. The molecule has 0 aliphatic heterocycles. The number of nitrogens with zero attached hydrogens (tertiary/aromatic N) is 2. The average molecular weight is 426 g/mol. The first kappa shape index (κ1) is 23.6. The molecule has 0 fully saturated rings. The monoisotopic (exact) mass is 426 g/mol. The number of ether oxygens (including phenoxy) is 2. The minimum absolute atomic E-state index is 0.346. The van der Waals surface area contributed by atoms with Crippen molar-refractivity contribution in [2.45, 2.75) is 34.1 Å². The van der Waals surface area contributed by atoms with Gasteiger partial charge in [0.2, 0.25) is 23.6 Å². The number of carbonyl (C=O) groups excluding carboxylic acids is 4. The van der Waals surface area contributed by atoms with E-state index in [-0.39, 0.29) is 23.6 Å². The molecule has 0 unspecified atom stereocenters. The summed E-state index contributed by atoms with van der Waals surface area (Å²) in [6.07, 6.45) is 0.629. The molecule has 0 aromatic heterocycles. The summed E-state index contributed by atoms with van der Waals surface area (Å²) >= 11 is 0. The molecule has 0 N–H and O–H groups in total. The molecule has 0 aliphatic rings. The van der Waals surface area contributed by atoms with E-state index >= 15 is 0 Å². The Hall–Kier alpha value is -3.68. The Morgan fingerprint density at radius 3 is 1.13 bits per heavy atom. The highest BCUT2D eigenvalue weighted by atomic mass is 16.5. The number of hydrogen-bond acceptors (Lipinski definition) is 6. The molecule has 8 nitrogen and oxygen atoms in total. The Kier molecular flexibility index (Phi) is 8.31. The fourth-order valence-electron chi connectivity index (χ4n) is 2.99. The van der Waals surface area contributed by atoms with E-state index in [9.17, 15) is 19.2 Å². The summed E-state index contributed by atoms with van der Waals surface area (Å²) in [7, 11) is 0. The molecule has 2 aromatic carbocycles. The number of anilines is 2. The van der Waals surface area contributed by atoms with Gasteiger partial charge >= 0.3 is 0 Å². The van der Waals surface area contributed by atoms with Crippen molar-refractivity contribution in [2.75, 3.05) is 23.0 Å². The van der Waals surface area contributed by atoms with Crippen LogP contribution in [0.1, 0.15) is 34.1 Å². The molecule has 31 heavy (non-hydrogen) atoms. The molecule has 2 rings (SSSR count). The van der Waals surface area contributed by atoms with Crippen LogP contribution < -0.4 is 19.3 Å². The molecule has 164 valence electrons. The number of hydrogen-bond donors (Lipinski definition) is 0. The molecule has 0 saturated heterocycles. The molecule has 0 bridgehead atoms. The van der Waals surface area contributed by atoms with Crippen molar-refractivity contribution < 1.29 is 28.7 Å². The van der Waals surface area contributed by atoms with Gasteiger partial charge in [0.05, 0.1) is 24.6 Å². The zero-order valence-corrected chi connectivity index (χ0v) is 18.1. The number of carbonyl (C=O) groups is 4. The maximum Gasteiger partial charge on any atom is 0.230 e. The summed E-state index contributed by atoms with van der Waals surface area (Å²) in [5.74, 6) is -0.144. The van der Waals surface area contributed by atoms with Gasteiger partial charge in [0.1, 0.15) is 11.5 Å². The molecular weight excluding hydrogens is 400 g/mol. The lowest BCUT2D eigenvalue weighted by molar-refractivity contribution is -0.125. The summed E-state index contributed by atoms with van der Waals surface area (Å²) in [6.45, 7) is 6.18. The van der Waals surface area contributed by atoms with Crippen molar-refractivity contribution in [1.82, 2.24) is 0 Å². The van der Waals surface area contributed by atoms with Gasteiger partial charge in [-0.3, -0.25) is 29.0 Å². The van der Waals surface area contributed by atoms with Crippen molar-refractivity contribution in [3.05, 3.63) is 48.5 Å². The third-order valence-corrected chi connectivity index (χ3v) is 4.28. The molecule has 0 radical (unpaired) electrons. The van der Waals surface area contributed by atoms with Crippen molar-refractivity contribution in [1.29, 1.82) is 0 Å². The topological polar surface area (TPSA) is 93.2 Å². The maximum absolute atomic E-state index is 11.6. The zero-order valence-electron chi connectivity index (χ0n) is 18.1. The molecule has 4 amide bonds. The lowest BCUT2D eigenvalue weighted by atomic mass is 10.2. The summed E-state index contributed by atoms with van der Waals surface area (Å²) in [6, 6.07) is 13.4. The third kappa shape index (κ3) is 6.67. The van der Waals surface area contributed by atoms with Gasteiger partial charge < -0.3 is 9.47 Å². The van der Waals surface area contributed by atoms with Gasteiger partial charge in [0.15, 0.2) is 0 Å². The van der Waals surface area contributed by atoms with E-state index in [0.29, 0.717) is 42.5 Å². The van der Waals surface area contributed by atoms with Crippen LogP contribution in [-0.2, 0) is 19.2 Å². The van der Waals surface area contributed by atoms with Crippen LogP contribution >= 0.6 is 0 Å². The van der Waals surface area contributed by atoms with E-state index in [1.807, 2.05) is 0 Å². The summed E-state index contributed by atoms with van der Waals surface area (Å²) in [5.41, 5.74) is 0.986. The van der Waals surface area contributed by atoms with Crippen LogP contribution in [0.15, 0.2) is 48.5 Å². The fourth-order valence-corrected chi connectivity index (χ4v) is 2.99. The van der Waals surface area contributed by atoms with Crippen LogP contribution in [0, 0.1) is 0 Å². The average Bonchev–Trinajstić information content (AvgIpc) is 2.69. The standard InChI is InChI=1S/C23H26N2O6/c1-16(26)24(17(2)27)20-6-10-22(11-7-20)30-14-5-15-31-23-12-8-21(9-13-23)25(18(3)28)19(4)29/h6-13H,5,14-15H2,1-4H3. The lowest BCUT2D eigenvalue weighted by Crippen LogP contribution is -2.32. The smallest absolute Gasteiger partial charge is 0.230 e. The van der Waals surface area contributed by atoms with Gasteiger partial charge in [-0.25, -0.2) is 0 Å². The number of benzene rings is 2. The van der Waals surface area contributed by atoms with Crippen LogP contribution in [0.25, 0.3) is 0 Å². The quantitative estimate of drug-likeness (QED) is 0.601. The Bertz CT molecular complexity index is 832. The van der Waals surface area contributed by atoms with Crippen LogP contribution in [0.3, 0.4) is 0 Å². The van der Waals surface area contributed by atoms with Crippen molar-refractivity contribution in [3.8, 4) is 11.5 Å². The maximum atomic E-state index is 11.6. The number of rotatable bonds is 8. The van der Waals surface area contributed by atoms with Gasteiger partial charge in [-0.1, -0.05) is 0 Å². The predicted molar refractivity (Wildman–Crippen MR) is 116 cm³/mol. The highest BCUT2D eigenvalue weighted by Crippen LogP contribution is 2.21. The largest absolute Gasteiger partial charge is 0.493 e. The minimum atomic E-state index is -0.346. The van der Waals surface area contributed by atoms with Gasteiger partial charge in [0.25, 0.3) is 0 Å². The lowest BCUT2D eigenvalue weighted by Gasteiger charge is -2.17. The molecule has 0 spiro atoms. The molecular formula is C23H26N2O6. The van der Waals surface area contributed by atoms with Crippen molar-refractivity contribution in [3.63, 3.8) is 0 Å². The molecule has 0 heterocycles. The normalized spacial score (nSPS) is 10.2. The van der Waals surface area contributed by atoms with Crippen molar-refractivity contribution >= 4 is 35.0 Å². The van der Waals surface area contributed by atoms with Gasteiger partial charge in [-0.2, -0.15) is 0 Å². The van der Waals surface area contributed by atoms with Crippen LogP contribution in [0.4, 0.5) is 11.4 Å². The highest BCUT2D eigenvalue weighted by molar-refractivity contribution is 6.13. The SMILES string of the molecule is CC(=O)N(C(C)=O)c1ccc(OCCCOc2ccc(N(C(C)=O)C(C)=O)cc2)cc1. The van der Waals surface area contributed by atoms with E-state index in [1.165, 1.54) is 27.7 Å². The minimum Gasteiger partial charge on any atom is -0.493 e. The van der Waals surface area contributed by atoms with E-state index in [0.717, 1.165) is 9.80 Å². The van der Waals surface area contributed by atoms with E-state index in [1.54, 1.807) is 48.5 Å². The molecule has 0 atom stereocenters. The second kappa shape index (κ2) is 10.9. The van der Waals surface area contributed by atoms with Crippen molar-refractivity contribution in [2.24, 2.45) is 0 Å². The molecule has 0 aliphatic carbocycles. The number of amides is 4. The van der Waals surface area contributed by atoms with Crippen LogP contribution in [-0.4, -0.2) is 36.8 Å². The molecule has 8 heteroatoms. The van der Waals surface area contributed by atoms with E-state index in [2.05, 4.69) is 0 Å². The first-order chi connectivity index (χ1) is 14.7. The second-order valence-corrected chi connectivity index (χ2v) is 6.79. The van der Waals surface area contributed by atoms with E-state index < -0.39 is 0 Å². The Balaban J connectivity index is 1.79. The summed E-state index contributed by atoms with van der Waals surface area (Å²) in [4.78, 5) is 48.5.